The van der Waals surface area contributed by atoms with Crippen LogP contribution >= 0.6 is 24.0 Å². The number of rotatable bonds is 8. The Kier molecular flexibility index (Phi) is 10.3. The van der Waals surface area contributed by atoms with Crippen molar-refractivity contribution in [1.82, 2.24) is 10.6 Å². The summed E-state index contributed by atoms with van der Waals surface area (Å²) in [6.45, 7) is 3.49. The van der Waals surface area contributed by atoms with Gasteiger partial charge in [-0.25, -0.2) is 4.99 Å². The fraction of sp³-hybridized carbons (Fsp3) is 0.500. The summed E-state index contributed by atoms with van der Waals surface area (Å²) < 4.78 is 29.3. The van der Waals surface area contributed by atoms with E-state index in [0.29, 0.717) is 24.6 Å². The predicted molar refractivity (Wildman–Crippen MR) is 104 cm³/mol. The van der Waals surface area contributed by atoms with E-state index in [-0.39, 0.29) is 36.3 Å². The Morgan fingerprint density at radius 3 is 2.52 bits per heavy atom. The third-order valence-electron chi connectivity index (χ3n) is 3.31. The van der Waals surface area contributed by atoms with E-state index >= 15 is 0 Å². The van der Waals surface area contributed by atoms with E-state index in [0.717, 1.165) is 0 Å². The maximum atomic E-state index is 12.4. The number of ether oxygens (including phenoxy) is 1. The van der Waals surface area contributed by atoms with Gasteiger partial charge in [-0.1, -0.05) is 18.2 Å². The molecule has 0 fully saturated rings. The lowest BCUT2D eigenvalue weighted by molar-refractivity contribution is -0.125. The number of amides is 1. The molecule has 0 atom stereocenters. The Labute approximate surface area is 163 Å². The highest BCUT2D eigenvalue weighted by Crippen LogP contribution is 2.21. The van der Waals surface area contributed by atoms with Crippen molar-refractivity contribution in [1.29, 1.82) is 0 Å². The number of hydrogen-bond acceptors (Lipinski definition) is 3. The number of primary amides is 1. The minimum absolute atomic E-state index is 0. The zero-order valence-electron chi connectivity index (χ0n) is 14.5. The molecular formula is C16H25F2IN4O2. The molecule has 0 aromatic heterocycles. The molecule has 1 rings (SSSR count). The highest BCUT2D eigenvalue weighted by molar-refractivity contribution is 14.0. The number of nitrogens with zero attached hydrogens (tertiary/aromatic N) is 1. The van der Waals surface area contributed by atoms with Crippen LogP contribution in [0, 0.1) is 5.41 Å². The van der Waals surface area contributed by atoms with Crippen molar-refractivity contribution >= 4 is 35.8 Å². The molecule has 6 nitrogen and oxygen atoms in total. The number of halogens is 3. The van der Waals surface area contributed by atoms with E-state index in [1.165, 1.54) is 6.07 Å². The summed E-state index contributed by atoms with van der Waals surface area (Å²) >= 11 is 0. The standard InChI is InChI=1S/C16H24F2N4O2.HI/c1-4-20-15(22-10-16(2,3)13(19)23)21-9-11-7-5-6-8-12(11)24-14(17)18;/h5-8,14H,4,9-10H2,1-3H3,(H2,19,23)(H2,20,21,22);1H. The highest BCUT2D eigenvalue weighted by atomic mass is 127. The smallest absolute Gasteiger partial charge is 0.387 e. The van der Waals surface area contributed by atoms with Crippen LogP contribution in [0.5, 0.6) is 5.75 Å². The topological polar surface area (TPSA) is 88.7 Å². The van der Waals surface area contributed by atoms with E-state index in [4.69, 9.17) is 5.73 Å². The number of benzene rings is 1. The van der Waals surface area contributed by atoms with Gasteiger partial charge in [0, 0.05) is 18.7 Å². The quantitative estimate of drug-likeness (QED) is 0.310. The Morgan fingerprint density at radius 2 is 1.96 bits per heavy atom. The summed E-state index contributed by atoms with van der Waals surface area (Å²) in [5, 5.41) is 6.04. The largest absolute Gasteiger partial charge is 0.434 e. The van der Waals surface area contributed by atoms with Gasteiger partial charge in [0.2, 0.25) is 5.91 Å². The summed E-state index contributed by atoms with van der Waals surface area (Å²) in [6.07, 6.45) is 0. The maximum absolute atomic E-state index is 12.4. The van der Waals surface area contributed by atoms with E-state index in [1.54, 1.807) is 32.0 Å². The summed E-state index contributed by atoms with van der Waals surface area (Å²) in [5.74, 6) is 0.116. The molecule has 0 aliphatic rings. The molecule has 1 aromatic rings. The number of nitrogens with one attached hydrogen (secondary N) is 2. The van der Waals surface area contributed by atoms with Crippen LogP contribution in [0.1, 0.15) is 26.3 Å². The van der Waals surface area contributed by atoms with E-state index in [9.17, 15) is 13.6 Å². The second-order valence-corrected chi connectivity index (χ2v) is 5.78. The van der Waals surface area contributed by atoms with Crippen LogP contribution in [0.15, 0.2) is 29.3 Å². The molecule has 142 valence electrons. The van der Waals surface area contributed by atoms with Gasteiger partial charge in [-0.3, -0.25) is 4.79 Å². The number of aliphatic imine (C=N–C) groups is 1. The van der Waals surface area contributed by atoms with Crippen molar-refractivity contribution in [2.75, 3.05) is 13.1 Å². The van der Waals surface area contributed by atoms with Crippen LogP contribution in [0.2, 0.25) is 0 Å². The average Bonchev–Trinajstić information content (AvgIpc) is 2.50. The SMILES string of the molecule is CCNC(=NCc1ccccc1OC(F)F)NCC(C)(C)C(N)=O.I. The summed E-state index contributed by atoms with van der Waals surface area (Å²) in [5.41, 5.74) is 5.12. The summed E-state index contributed by atoms with van der Waals surface area (Å²) in [4.78, 5) is 15.7. The molecule has 1 aromatic carbocycles. The van der Waals surface area contributed by atoms with E-state index in [2.05, 4.69) is 20.4 Å². The van der Waals surface area contributed by atoms with Gasteiger partial charge in [0.25, 0.3) is 0 Å². The highest BCUT2D eigenvalue weighted by Gasteiger charge is 2.24. The van der Waals surface area contributed by atoms with E-state index in [1.807, 2.05) is 6.92 Å². The van der Waals surface area contributed by atoms with Gasteiger partial charge < -0.3 is 21.1 Å². The number of nitrogens with two attached hydrogens (primary N) is 1. The molecule has 0 bridgehead atoms. The van der Waals surface area contributed by atoms with Crippen molar-refractivity contribution in [3.63, 3.8) is 0 Å². The van der Waals surface area contributed by atoms with Crippen LogP contribution < -0.4 is 21.1 Å². The van der Waals surface area contributed by atoms with Gasteiger partial charge in [0.1, 0.15) is 5.75 Å². The lowest BCUT2D eigenvalue weighted by Crippen LogP contribution is -2.46. The zero-order chi connectivity index (χ0) is 18.2. The second kappa shape index (κ2) is 11.1. The fourth-order valence-corrected chi connectivity index (χ4v) is 1.74. The van der Waals surface area contributed by atoms with Gasteiger partial charge in [0.05, 0.1) is 12.0 Å². The minimum Gasteiger partial charge on any atom is -0.434 e. The first-order chi connectivity index (χ1) is 11.3. The molecule has 4 N–H and O–H groups in total. The number of guanidine groups is 1. The van der Waals surface area contributed by atoms with Crippen molar-refractivity contribution in [3.05, 3.63) is 29.8 Å². The molecule has 0 unspecified atom stereocenters. The second-order valence-electron chi connectivity index (χ2n) is 5.78. The Balaban J connectivity index is 0.00000576. The first-order valence-electron chi connectivity index (χ1n) is 7.61. The predicted octanol–water partition coefficient (Wildman–Crippen LogP) is 2.47. The van der Waals surface area contributed by atoms with Gasteiger partial charge in [-0.05, 0) is 26.8 Å². The molecule has 0 saturated heterocycles. The van der Waals surface area contributed by atoms with Crippen LogP contribution in [-0.4, -0.2) is 31.6 Å². The van der Waals surface area contributed by atoms with Crippen molar-refractivity contribution in [3.8, 4) is 5.75 Å². The summed E-state index contributed by atoms with van der Waals surface area (Å²) in [6, 6.07) is 6.47. The molecule has 1 amide bonds. The van der Waals surface area contributed by atoms with Crippen molar-refractivity contribution in [2.24, 2.45) is 16.1 Å². The molecule has 0 aliphatic heterocycles. The number of alkyl halides is 2. The Bertz CT molecular complexity index is 583. The molecular weight excluding hydrogens is 445 g/mol. The normalized spacial score (nSPS) is 11.7. The average molecular weight is 470 g/mol. The first-order valence-corrected chi connectivity index (χ1v) is 7.61. The van der Waals surface area contributed by atoms with E-state index < -0.39 is 17.9 Å². The molecule has 9 heteroatoms. The fourth-order valence-electron chi connectivity index (χ4n) is 1.74. The molecule has 0 aliphatic carbocycles. The molecule has 0 radical (unpaired) electrons. The van der Waals surface area contributed by atoms with Gasteiger partial charge in [-0.15, -0.1) is 24.0 Å². The van der Waals surface area contributed by atoms with Gasteiger partial charge >= 0.3 is 6.61 Å². The van der Waals surface area contributed by atoms with Crippen LogP contribution in [0.3, 0.4) is 0 Å². The van der Waals surface area contributed by atoms with Crippen LogP contribution in [0.25, 0.3) is 0 Å². The molecule has 0 heterocycles. The molecule has 0 spiro atoms. The van der Waals surface area contributed by atoms with Crippen LogP contribution in [-0.2, 0) is 11.3 Å². The van der Waals surface area contributed by atoms with Crippen molar-refractivity contribution < 1.29 is 18.3 Å². The minimum atomic E-state index is -2.89. The first kappa shape index (κ1) is 23.4. The number of para-hydroxylation sites is 1. The molecule has 25 heavy (non-hydrogen) atoms. The van der Waals surface area contributed by atoms with Gasteiger partial charge in [0.15, 0.2) is 5.96 Å². The number of carbonyl (C=O) groups is 1. The zero-order valence-corrected chi connectivity index (χ0v) is 16.8. The lowest BCUT2D eigenvalue weighted by Gasteiger charge is -2.22. The third-order valence-corrected chi connectivity index (χ3v) is 3.31. The Hall–Kier alpha value is -1.65. The molecule has 0 saturated carbocycles. The number of carbonyl (C=O) groups excluding carboxylic acids is 1. The van der Waals surface area contributed by atoms with Crippen molar-refractivity contribution in [2.45, 2.75) is 33.9 Å². The van der Waals surface area contributed by atoms with Gasteiger partial charge in [-0.2, -0.15) is 8.78 Å². The lowest BCUT2D eigenvalue weighted by atomic mass is 9.93. The third kappa shape index (κ3) is 8.32. The number of hydrogen-bond donors (Lipinski definition) is 3. The van der Waals surface area contributed by atoms with Crippen LogP contribution in [0.4, 0.5) is 8.78 Å². The summed E-state index contributed by atoms with van der Waals surface area (Å²) in [7, 11) is 0. The Morgan fingerprint density at radius 1 is 1.32 bits per heavy atom. The maximum Gasteiger partial charge on any atom is 0.387 e. The monoisotopic (exact) mass is 470 g/mol.